The Balaban J connectivity index is 1.67. The summed E-state index contributed by atoms with van der Waals surface area (Å²) in [6.45, 7) is 3.95. The molecule has 1 saturated heterocycles. The lowest BCUT2D eigenvalue weighted by atomic mass is 9.75. The fraction of sp³-hybridized carbons (Fsp3) is 0.765. The Hall–Kier alpha value is -0.130. The SMILES string of the molecule is COCC1([C@@H]2C[C@]3(C[C@H](C)N2)OCCc2cc(Cl)sc23)CC1. The Morgan fingerprint density at radius 1 is 1.45 bits per heavy atom. The van der Waals surface area contributed by atoms with Gasteiger partial charge in [0, 0.05) is 29.5 Å². The second kappa shape index (κ2) is 5.45. The third-order valence-electron chi connectivity index (χ3n) is 5.66. The van der Waals surface area contributed by atoms with Gasteiger partial charge >= 0.3 is 0 Å². The first-order valence-corrected chi connectivity index (χ1v) is 9.44. The van der Waals surface area contributed by atoms with Gasteiger partial charge in [-0.3, -0.25) is 0 Å². The molecule has 0 radical (unpaired) electrons. The molecule has 0 bridgehead atoms. The van der Waals surface area contributed by atoms with Crippen molar-refractivity contribution in [2.24, 2.45) is 5.41 Å². The van der Waals surface area contributed by atoms with Crippen LogP contribution in [0.5, 0.6) is 0 Å². The predicted molar refractivity (Wildman–Crippen MR) is 89.8 cm³/mol. The third kappa shape index (κ3) is 2.44. The number of hydrogen-bond acceptors (Lipinski definition) is 4. The van der Waals surface area contributed by atoms with Crippen LogP contribution < -0.4 is 5.32 Å². The van der Waals surface area contributed by atoms with E-state index in [0.717, 1.165) is 36.8 Å². The van der Waals surface area contributed by atoms with Crippen LogP contribution in [-0.2, 0) is 21.5 Å². The standard InChI is InChI=1S/C17H24ClNO2S/c1-11-8-17(9-13(19-11)16(4-5-16)10-20-2)15-12(3-6-21-17)7-14(18)22-15/h7,11,13,19H,3-6,8-10H2,1-2H3/t11-,13-,17-/m0/s1. The summed E-state index contributed by atoms with van der Waals surface area (Å²) in [5.74, 6) is 0. The molecule has 1 aromatic heterocycles. The molecule has 2 fully saturated rings. The van der Waals surface area contributed by atoms with Crippen molar-refractivity contribution < 1.29 is 9.47 Å². The molecule has 122 valence electrons. The monoisotopic (exact) mass is 341 g/mol. The van der Waals surface area contributed by atoms with Gasteiger partial charge in [-0.15, -0.1) is 11.3 Å². The lowest BCUT2D eigenvalue weighted by molar-refractivity contribution is -0.104. The van der Waals surface area contributed by atoms with E-state index in [-0.39, 0.29) is 5.60 Å². The molecule has 2 aliphatic heterocycles. The van der Waals surface area contributed by atoms with Crippen LogP contribution in [0.4, 0.5) is 0 Å². The summed E-state index contributed by atoms with van der Waals surface area (Å²) < 4.78 is 12.8. The van der Waals surface area contributed by atoms with E-state index in [2.05, 4.69) is 18.3 Å². The summed E-state index contributed by atoms with van der Waals surface area (Å²) in [7, 11) is 1.82. The fourth-order valence-electron chi connectivity index (χ4n) is 4.50. The number of fused-ring (bicyclic) bond motifs is 2. The topological polar surface area (TPSA) is 30.5 Å². The first-order valence-electron chi connectivity index (χ1n) is 8.25. The van der Waals surface area contributed by atoms with Crippen molar-refractivity contribution in [3.8, 4) is 0 Å². The van der Waals surface area contributed by atoms with Gasteiger partial charge in [0.1, 0.15) is 5.60 Å². The van der Waals surface area contributed by atoms with Gasteiger partial charge in [0.25, 0.3) is 0 Å². The summed E-state index contributed by atoms with van der Waals surface area (Å²) in [5.41, 5.74) is 1.59. The molecule has 0 unspecified atom stereocenters. The van der Waals surface area contributed by atoms with E-state index < -0.39 is 0 Å². The van der Waals surface area contributed by atoms with Crippen molar-refractivity contribution in [1.29, 1.82) is 0 Å². The zero-order valence-corrected chi connectivity index (χ0v) is 14.9. The van der Waals surface area contributed by atoms with Crippen LogP contribution in [0, 0.1) is 5.41 Å². The van der Waals surface area contributed by atoms with Crippen molar-refractivity contribution in [2.75, 3.05) is 20.3 Å². The minimum Gasteiger partial charge on any atom is -0.384 e. The van der Waals surface area contributed by atoms with Crippen molar-refractivity contribution in [3.05, 3.63) is 20.8 Å². The first-order chi connectivity index (χ1) is 10.6. The lowest BCUT2D eigenvalue weighted by Gasteiger charge is -2.48. The van der Waals surface area contributed by atoms with Gasteiger partial charge < -0.3 is 14.8 Å². The van der Waals surface area contributed by atoms with Crippen LogP contribution in [0.3, 0.4) is 0 Å². The van der Waals surface area contributed by atoms with Crippen LogP contribution in [0.15, 0.2) is 6.07 Å². The minimum atomic E-state index is -0.135. The average molecular weight is 342 g/mol. The smallest absolute Gasteiger partial charge is 0.106 e. The number of nitrogens with one attached hydrogen (secondary N) is 1. The van der Waals surface area contributed by atoms with E-state index in [1.165, 1.54) is 23.3 Å². The van der Waals surface area contributed by atoms with E-state index in [1.807, 2.05) is 7.11 Å². The van der Waals surface area contributed by atoms with Crippen molar-refractivity contribution in [3.63, 3.8) is 0 Å². The predicted octanol–water partition coefficient (Wildman–Crippen LogP) is 3.74. The van der Waals surface area contributed by atoms with Crippen LogP contribution in [0.2, 0.25) is 4.34 Å². The largest absolute Gasteiger partial charge is 0.384 e. The highest BCUT2D eigenvalue weighted by molar-refractivity contribution is 7.16. The molecular formula is C17H24ClNO2S. The van der Waals surface area contributed by atoms with E-state index in [0.29, 0.717) is 17.5 Å². The number of thiophene rings is 1. The van der Waals surface area contributed by atoms with Gasteiger partial charge in [-0.25, -0.2) is 0 Å². The maximum Gasteiger partial charge on any atom is 0.106 e. The molecule has 3 aliphatic rings. The maximum atomic E-state index is 6.42. The number of piperidine rings is 1. The molecule has 1 aromatic rings. The second-order valence-electron chi connectivity index (χ2n) is 7.32. The highest BCUT2D eigenvalue weighted by Crippen LogP contribution is 2.56. The minimum absolute atomic E-state index is 0.135. The number of methoxy groups -OCH3 is 1. The lowest BCUT2D eigenvalue weighted by Crippen LogP contribution is -2.56. The summed E-state index contributed by atoms with van der Waals surface area (Å²) >= 11 is 8.03. The molecule has 3 atom stereocenters. The molecule has 1 saturated carbocycles. The van der Waals surface area contributed by atoms with E-state index in [4.69, 9.17) is 21.1 Å². The Bertz CT molecular complexity index is 571. The molecule has 1 aliphatic carbocycles. The molecule has 3 nitrogen and oxygen atoms in total. The summed E-state index contributed by atoms with van der Waals surface area (Å²) in [4.78, 5) is 1.38. The van der Waals surface area contributed by atoms with Gasteiger partial charge in [-0.1, -0.05) is 11.6 Å². The van der Waals surface area contributed by atoms with E-state index >= 15 is 0 Å². The fourth-order valence-corrected chi connectivity index (χ4v) is 5.96. The number of ether oxygens (including phenoxy) is 2. The van der Waals surface area contributed by atoms with Crippen molar-refractivity contribution in [2.45, 2.75) is 56.7 Å². The summed E-state index contributed by atoms with van der Waals surface area (Å²) in [6, 6.07) is 3.08. The molecule has 0 aromatic carbocycles. The quantitative estimate of drug-likeness (QED) is 0.908. The van der Waals surface area contributed by atoms with Gasteiger partial charge in [0.05, 0.1) is 17.6 Å². The van der Waals surface area contributed by atoms with Crippen LogP contribution in [0.25, 0.3) is 0 Å². The number of rotatable bonds is 3. The molecule has 0 amide bonds. The van der Waals surface area contributed by atoms with Gasteiger partial charge in [-0.05, 0) is 50.7 Å². The van der Waals surface area contributed by atoms with Crippen molar-refractivity contribution >= 4 is 22.9 Å². The number of hydrogen-bond donors (Lipinski definition) is 1. The zero-order valence-electron chi connectivity index (χ0n) is 13.3. The van der Waals surface area contributed by atoms with E-state index in [9.17, 15) is 0 Å². The molecule has 5 heteroatoms. The molecule has 22 heavy (non-hydrogen) atoms. The second-order valence-corrected chi connectivity index (χ2v) is 9.01. The normalized spacial score (nSPS) is 36.3. The molecule has 1 spiro atoms. The molecular weight excluding hydrogens is 318 g/mol. The molecule has 4 rings (SSSR count). The van der Waals surface area contributed by atoms with Crippen LogP contribution in [0.1, 0.15) is 43.0 Å². The first kappa shape index (κ1) is 15.4. The van der Waals surface area contributed by atoms with Gasteiger partial charge in [0.15, 0.2) is 0 Å². The Morgan fingerprint density at radius 2 is 2.27 bits per heavy atom. The Labute approximate surface area is 141 Å². The Kier molecular flexibility index (Phi) is 3.82. The summed E-state index contributed by atoms with van der Waals surface area (Å²) in [5, 5.41) is 3.82. The third-order valence-corrected chi connectivity index (χ3v) is 7.15. The molecule has 3 heterocycles. The van der Waals surface area contributed by atoms with Gasteiger partial charge in [0.2, 0.25) is 0 Å². The zero-order chi connectivity index (χ0) is 15.4. The van der Waals surface area contributed by atoms with E-state index in [1.54, 1.807) is 11.3 Å². The van der Waals surface area contributed by atoms with Crippen LogP contribution >= 0.6 is 22.9 Å². The highest BCUT2D eigenvalue weighted by Gasteiger charge is 2.56. The highest BCUT2D eigenvalue weighted by atomic mass is 35.5. The van der Waals surface area contributed by atoms with Crippen LogP contribution in [-0.4, -0.2) is 32.4 Å². The Morgan fingerprint density at radius 3 is 3.00 bits per heavy atom. The summed E-state index contributed by atoms with van der Waals surface area (Å²) in [6.07, 6.45) is 5.61. The molecule has 1 N–H and O–H groups in total. The number of halogens is 1. The van der Waals surface area contributed by atoms with Crippen molar-refractivity contribution in [1.82, 2.24) is 5.32 Å². The maximum absolute atomic E-state index is 6.42. The average Bonchev–Trinajstić information content (AvgIpc) is 3.14. The van der Waals surface area contributed by atoms with Gasteiger partial charge in [-0.2, -0.15) is 0 Å².